The maximum Gasteiger partial charge on any atom is 0.236 e. The number of fused-ring (bicyclic) bond motifs is 1. The second kappa shape index (κ2) is 4.50. The van der Waals surface area contributed by atoms with Crippen LogP contribution in [0.2, 0.25) is 0 Å². The lowest BCUT2D eigenvalue weighted by atomic mass is 9.92. The summed E-state index contributed by atoms with van der Waals surface area (Å²) >= 11 is 1.35. The van der Waals surface area contributed by atoms with Gasteiger partial charge >= 0.3 is 0 Å². The van der Waals surface area contributed by atoms with Crippen LogP contribution in [0.1, 0.15) is 6.92 Å². The van der Waals surface area contributed by atoms with Gasteiger partial charge in [0.15, 0.2) is 0 Å². The van der Waals surface area contributed by atoms with Gasteiger partial charge in [-0.15, -0.1) is 0 Å². The molecule has 2 rings (SSSR count). The molecule has 19 heavy (non-hydrogen) atoms. The summed E-state index contributed by atoms with van der Waals surface area (Å²) in [7, 11) is 5.85. The number of rotatable bonds is 4. The molecule has 6 nitrogen and oxygen atoms in total. The maximum atomic E-state index is 11.9. The van der Waals surface area contributed by atoms with E-state index in [2.05, 4.69) is 0 Å². The third-order valence-electron chi connectivity index (χ3n) is 3.18. The van der Waals surface area contributed by atoms with Crippen molar-refractivity contribution in [2.45, 2.75) is 18.4 Å². The van der Waals surface area contributed by atoms with E-state index >= 15 is 0 Å². The standard InChI is InChI=1S/C12H18N2O4S/c1-6(15)8-10(16)13-9(12(17)18)7(19-11(8)13)5-14(2,3)4/h6,8,11,15H,5H2,1-4H3/t6-,8+,11-/m1/s1. The number of β-lactam (4-membered cyclic amide) rings is 1. The number of carboxylic acids is 1. The van der Waals surface area contributed by atoms with E-state index in [-0.39, 0.29) is 17.0 Å². The van der Waals surface area contributed by atoms with Gasteiger partial charge in [0.2, 0.25) is 5.91 Å². The van der Waals surface area contributed by atoms with Crippen molar-refractivity contribution in [3.05, 3.63) is 10.6 Å². The Balaban J connectivity index is 2.29. The third kappa shape index (κ3) is 2.37. The van der Waals surface area contributed by atoms with Crippen LogP contribution < -0.4 is 5.11 Å². The van der Waals surface area contributed by atoms with Crippen molar-refractivity contribution in [3.63, 3.8) is 0 Å². The first-order chi connectivity index (χ1) is 8.63. The number of quaternary nitrogens is 1. The first-order valence-electron chi connectivity index (χ1n) is 6.06. The molecule has 0 saturated carbocycles. The number of hydrogen-bond donors (Lipinski definition) is 1. The van der Waals surface area contributed by atoms with Crippen LogP contribution >= 0.6 is 11.8 Å². The lowest BCUT2D eigenvalue weighted by Crippen LogP contribution is -2.61. The van der Waals surface area contributed by atoms with Crippen LogP contribution in [0.5, 0.6) is 0 Å². The van der Waals surface area contributed by atoms with E-state index in [1.165, 1.54) is 16.7 Å². The van der Waals surface area contributed by atoms with Gasteiger partial charge in [0.1, 0.15) is 11.9 Å². The second-order valence-electron chi connectivity index (χ2n) is 5.99. The highest BCUT2D eigenvalue weighted by Gasteiger charge is 2.56. The van der Waals surface area contributed by atoms with E-state index in [1.54, 1.807) is 6.92 Å². The van der Waals surface area contributed by atoms with E-state index in [9.17, 15) is 19.8 Å². The van der Waals surface area contributed by atoms with Crippen molar-refractivity contribution in [1.82, 2.24) is 4.90 Å². The Morgan fingerprint density at radius 2 is 2.11 bits per heavy atom. The summed E-state index contributed by atoms with van der Waals surface area (Å²) in [6, 6.07) is 0. The number of carboxylic acid groups (broad SMARTS) is 1. The SMILES string of the molecule is C[C@@H](O)[C@H]1C(=O)N2C(C(=O)[O-])=C(C[N+](C)(C)C)S[C@H]12. The zero-order valence-electron chi connectivity index (χ0n) is 11.4. The van der Waals surface area contributed by atoms with Crippen LogP contribution in [-0.2, 0) is 9.59 Å². The van der Waals surface area contributed by atoms with Crippen molar-refractivity contribution in [3.8, 4) is 0 Å². The Bertz CT molecular complexity index is 467. The summed E-state index contributed by atoms with van der Waals surface area (Å²) in [5.41, 5.74) is -0.0232. The molecule has 0 radical (unpaired) electrons. The van der Waals surface area contributed by atoms with Gasteiger partial charge in [-0.25, -0.2) is 0 Å². The number of carbonyl (C=O) groups excluding carboxylic acids is 2. The van der Waals surface area contributed by atoms with Crippen molar-refractivity contribution in [1.29, 1.82) is 0 Å². The first kappa shape index (κ1) is 14.4. The van der Waals surface area contributed by atoms with Crippen LogP contribution in [0.25, 0.3) is 0 Å². The molecule has 7 heteroatoms. The van der Waals surface area contributed by atoms with Crippen LogP contribution in [0, 0.1) is 5.92 Å². The van der Waals surface area contributed by atoms with Gasteiger partial charge in [0, 0.05) is 0 Å². The molecular weight excluding hydrogens is 268 g/mol. The molecule has 1 amide bonds. The normalized spacial score (nSPS) is 28.3. The van der Waals surface area contributed by atoms with Crippen LogP contribution in [0.4, 0.5) is 0 Å². The molecule has 3 atom stereocenters. The van der Waals surface area contributed by atoms with Crippen molar-refractivity contribution in [2.24, 2.45) is 5.92 Å². The summed E-state index contributed by atoms with van der Waals surface area (Å²) in [6.45, 7) is 2.07. The first-order valence-corrected chi connectivity index (χ1v) is 6.94. The Kier molecular flexibility index (Phi) is 3.40. The molecule has 0 bridgehead atoms. The summed E-state index contributed by atoms with van der Waals surface area (Å²) in [5.74, 6) is -2.18. The summed E-state index contributed by atoms with van der Waals surface area (Å²) < 4.78 is 0.563. The number of amides is 1. The van der Waals surface area contributed by atoms with Crippen molar-refractivity contribution in [2.75, 3.05) is 27.7 Å². The van der Waals surface area contributed by atoms with Gasteiger partial charge in [-0.05, 0) is 6.92 Å². The Morgan fingerprint density at radius 1 is 1.53 bits per heavy atom. The topological polar surface area (TPSA) is 80.7 Å². The number of aliphatic hydroxyl groups is 1. The predicted octanol–water partition coefficient (Wildman–Crippen LogP) is -1.43. The van der Waals surface area contributed by atoms with Gasteiger partial charge in [-0.3, -0.25) is 9.69 Å². The Labute approximate surface area is 116 Å². The molecule has 106 valence electrons. The molecular formula is C12H18N2O4S. The highest BCUT2D eigenvalue weighted by molar-refractivity contribution is 8.04. The predicted molar refractivity (Wildman–Crippen MR) is 68.3 cm³/mol. The van der Waals surface area contributed by atoms with Crippen LogP contribution in [0.3, 0.4) is 0 Å². The highest BCUT2D eigenvalue weighted by atomic mass is 32.2. The fraction of sp³-hybridized carbons (Fsp3) is 0.667. The van der Waals surface area contributed by atoms with Crippen molar-refractivity contribution >= 4 is 23.6 Å². The summed E-state index contributed by atoms with van der Waals surface area (Å²) in [4.78, 5) is 25.1. The molecule has 2 aliphatic rings. The molecule has 0 unspecified atom stereocenters. The maximum absolute atomic E-state index is 11.9. The van der Waals surface area contributed by atoms with Gasteiger partial charge in [-0.2, -0.15) is 0 Å². The second-order valence-corrected chi connectivity index (χ2v) is 7.20. The Hall–Kier alpha value is -1.05. The van der Waals surface area contributed by atoms with E-state index < -0.39 is 18.0 Å². The molecule has 0 aromatic carbocycles. The zero-order chi connectivity index (χ0) is 14.5. The molecule has 0 spiro atoms. The van der Waals surface area contributed by atoms with E-state index in [4.69, 9.17) is 0 Å². The molecule has 0 aliphatic carbocycles. The molecule has 0 aromatic heterocycles. The molecule has 0 aromatic rings. The fourth-order valence-corrected chi connectivity index (χ4v) is 4.24. The van der Waals surface area contributed by atoms with Crippen molar-refractivity contribution < 1.29 is 24.3 Å². The molecule has 1 saturated heterocycles. The van der Waals surface area contributed by atoms with Crippen LogP contribution in [-0.4, -0.2) is 65.5 Å². The highest BCUT2D eigenvalue weighted by Crippen LogP contribution is 2.50. The van der Waals surface area contributed by atoms with Gasteiger partial charge in [-0.1, -0.05) is 11.8 Å². The van der Waals surface area contributed by atoms with E-state index in [0.717, 1.165) is 0 Å². The lowest BCUT2D eigenvalue weighted by molar-refractivity contribution is -0.864. The zero-order valence-corrected chi connectivity index (χ0v) is 12.2. The number of aliphatic hydroxyl groups excluding tert-OH is 1. The average Bonchev–Trinajstić information content (AvgIpc) is 2.49. The largest absolute Gasteiger partial charge is 0.543 e. The minimum absolute atomic E-state index is 0.0232. The number of aliphatic carboxylic acids is 1. The van der Waals surface area contributed by atoms with E-state index in [1.807, 2.05) is 21.1 Å². The number of thioether (sulfide) groups is 1. The summed E-state index contributed by atoms with van der Waals surface area (Å²) in [6.07, 6.45) is -0.771. The van der Waals surface area contributed by atoms with Gasteiger partial charge in [0.25, 0.3) is 0 Å². The quantitative estimate of drug-likeness (QED) is 0.506. The third-order valence-corrected chi connectivity index (χ3v) is 4.54. The smallest absolute Gasteiger partial charge is 0.236 e. The lowest BCUT2D eigenvalue weighted by Gasteiger charge is -2.44. The number of hydrogen-bond acceptors (Lipinski definition) is 5. The number of carbonyl (C=O) groups is 2. The fourth-order valence-electron chi connectivity index (χ4n) is 2.39. The van der Waals surface area contributed by atoms with Gasteiger partial charge < -0.3 is 19.5 Å². The number of nitrogens with zero attached hydrogens (tertiary/aromatic N) is 2. The molecule has 1 fully saturated rings. The van der Waals surface area contributed by atoms with E-state index in [0.29, 0.717) is 15.9 Å². The molecule has 1 N–H and O–H groups in total. The minimum atomic E-state index is -1.32. The van der Waals surface area contributed by atoms with Crippen LogP contribution in [0.15, 0.2) is 10.6 Å². The Morgan fingerprint density at radius 3 is 2.53 bits per heavy atom. The average molecular weight is 286 g/mol. The minimum Gasteiger partial charge on any atom is -0.543 e. The monoisotopic (exact) mass is 286 g/mol. The molecule has 2 heterocycles. The molecule has 2 aliphatic heterocycles. The summed E-state index contributed by atoms with van der Waals surface area (Å²) in [5, 5.41) is 20.5. The van der Waals surface area contributed by atoms with Gasteiger partial charge in [0.05, 0.1) is 49.7 Å². The number of likely N-dealkylation sites (N-methyl/N-ethyl adjacent to an activating group) is 1.